The van der Waals surface area contributed by atoms with Crippen LogP contribution in [0.5, 0.6) is 0 Å². The summed E-state index contributed by atoms with van der Waals surface area (Å²) in [5.74, 6) is 0. The molecule has 1 N–H and O–H groups in total. The molecule has 0 unspecified atom stereocenters. The smallest absolute Gasteiger partial charge is 0.270 e. The quantitative estimate of drug-likeness (QED) is 0.764. The third kappa shape index (κ3) is 1.81. The zero-order chi connectivity index (χ0) is 10.0. The fourth-order valence-electron chi connectivity index (χ4n) is 1.33. The van der Waals surface area contributed by atoms with Crippen LogP contribution in [0.4, 0.5) is 0 Å². The van der Waals surface area contributed by atoms with Crippen molar-refractivity contribution in [1.29, 1.82) is 0 Å². The lowest BCUT2D eigenvalue weighted by Crippen LogP contribution is -2.46. The molecule has 1 aromatic rings. The minimum atomic E-state index is -3.32. The molecule has 0 aromatic carbocycles. The number of sulfonamides is 1. The van der Waals surface area contributed by atoms with E-state index in [1.165, 1.54) is 10.5 Å². The number of piperazine rings is 1. The average molecular weight is 233 g/mol. The van der Waals surface area contributed by atoms with Crippen molar-refractivity contribution in [3.05, 3.63) is 11.6 Å². The number of nitrogens with one attached hydrogen (secondary N) is 1. The number of hydrogen-bond acceptors (Lipinski definition) is 5. The van der Waals surface area contributed by atoms with Crippen LogP contribution in [0.15, 0.2) is 15.9 Å². The van der Waals surface area contributed by atoms with Gasteiger partial charge in [-0.05, 0) is 0 Å². The Labute approximate surface area is 86.8 Å². The van der Waals surface area contributed by atoms with Crippen LogP contribution in [-0.4, -0.2) is 43.9 Å². The van der Waals surface area contributed by atoms with Gasteiger partial charge in [0.25, 0.3) is 10.0 Å². The van der Waals surface area contributed by atoms with Gasteiger partial charge in [0, 0.05) is 37.8 Å². The van der Waals surface area contributed by atoms with E-state index in [9.17, 15) is 8.42 Å². The van der Waals surface area contributed by atoms with Crippen LogP contribution in [-0.2, 0) is 10.0 Å². The Balaban J connectivity index is 2.23. The highest BCUT2D eigenvalue weighted by atomic mass is 32.2. The predicted octanol–water partition coefficient (Wildman–Crippen LogP) is -0.263. The van der Waals surface area contributed by atoms with E-state index in [0.717, 1.165) is 11.3 Å². The highest BCUT2D eigenvalue weighted by Gasteiger charge is 2.27. The molecule has 0 saturated carbocycles. The molecule has 0 atom stereocenters. The Kier molecular flexibility index (Phi) is 2.82. The summed E-state index contributed by atoms with van der Waals surface area (Å²) in [5.41, 5.74) is 0. The van der Waals surface area contributed by atoms with Gasteiger partial charge in [-0.2, -0.15) is 4.31 Å². The van der Waals surface area contributed by atoms with E-state index < -0.39 is 10.0 Å². The number of nitrogens with zero attached hydrogens (tertiary/aromatic N) is 2. The Morgan fingerprint density at radius 2 is 2.14 bits per heavy atom. The molecule has 2 heterocycles. The molecule has 78 valence electrons. The van der Waals surface area contributed by atoms with Crippen molar-refractivity contribution in [3.63, 3.8) is 0 Å². The summed E-state index contributed by atoms with van der Waals surface area (Å²) in [6.07, 6.45) is 1.51. The van der Waals surface area contributed by atoms with E-state index in [4.69, 9.17) is 0 Å². The van der Waals surface area contributed by atoms with Crippen LogP contribution in [0.25, 0.3) is 0 Å². The third-order valence-corrected chi connectivity index (χ3v) is 5.12. The van der Waals surface area contributed by atoms with Gasteiger partial charge in [0.05, 0.1) is 0 Å². The molecule has 0 bridgehead atoms. The van der Waals surface area contributed by atoms with Crippen molar-refractivity contribution in [2.45, 2.75) is 4.34 Å². The topological polar surface area (TPSA) is 62.3 Å². The highest BCUT2D eigenvalue weighted by Crippen LogP contribution is 2.17. The zero-order valence-electron chi connectivity index (χ0n) is 7.51. The molecule has 0 amide bonds. The molecule has 0 aliphatic carbocycles. The fraction of sp³-hybridized carbons (Fsp3) is 0.571. The summed E-state index contributed by atoms with van der Waals surface area (Å²) in [5, 5.41) is 4.78. The average Bonchev–Trinajstić information content (AvgIpc) is 2.72. The van der Waals surface area contributed by atoms with Gasteiger partial charge in [0.15, 0.2) is 0 Å². The Hall–Kier alpha value is -0.500. The molecule has 14 heavy (non-hydrogen) atoms. The van der Waals surface area contributed by atoms with Crippen molar-refractivity contribution < 1.29 is 8.42 Å². The van der Waals surface area contributed by atoms with Gasteiger partial charge in [0.2, 0.25) is 4.34 Å². The van der Waals surface area contributed by atoms with Gasteiger partial charge in [-0.25, -0.2) is 13.4 Å². The first-order chi connectivity index (χ1) is 6.71. The van der Waals surface area contributed by atoms with Gasteiger partial charge in [-0.15, -0.1) is 11.3 Å². The number of hydrogen-bond donors (Lipinski definition) is 1. The van der Waals surface area contributed by atoms with Gasteiger partial charge in [-0.1, -0.05) is 0 Å². The molecule has 0 spiro atoms. The van der Waals surface area contributed by atoms with Gasteiger partial charge >= 0.3 is 0 Å². The van der Waals surface area contributed by atoms with Crippen LogP contribution < -0.4 is 5.32 Å². The van der Waals surface area contributed by atoms with E-state index in [2.05, 4.69) is 10.3 Å². The first kappa shape index (κ1) is 10.0. The van der Waals surface area contributed by atoms with Crippen molar-refractivity contribution in [3.8, 4) is 0 Å². The van der Waals surface area contributed by atoms with Crippen LogP contribution in [0.3, 0.4) is 0 Å². The monoisotopic (exact) mass is 233 g/mol. The molecule has 0 radical (unpaired) electrons. The van der Waals surface area contributed by atoms with Crippen LogP contribution in [0, 0.1) is 0 Å². The maximum Gasteiger partial charge on any atom is 0.270 e. The largest absolute Gasteiger partial charge is 0.314 e. The SMILES string of the molecule is O=S(=O)(c1nccs1)N1CCNCC1. The van der Waals surface area contributed by atoms with Crippen LogP contribution >= 0.6 is 11.3 Å². The highest BCUT2D eigenvalue weighted by molar-refractivity contribution is 7.91. The maximum absolute atomic E-state index is 11.9. The molecule has 7 heteroatoms. The van der Waals surface area contributed by atoms with Gasteiger partial charge in [-0.3, -0.25) is 0 Å². The number of rotatable bonds is 2. The molecular formula is C7H11N3O2S2. The zero-order valence-corrected chi connectivity index (χ0v) is 9.14. The third-order valence-electron chi connectivity index (χ3n) is 2.05. The first-order valence-corrected chi connectivity index (χ1v) is 6.63. The number of thiazole rings is 1. The molecule has 1 aromatic heterocycles. The molecule has 5 nitrogen and oxygen atoms in total. The van der Waals surface area contributed by atoms with E-state index in [1.807, 2.05) is 0 Å². The summed E-state index contributed by atoms with van der Waals surface area (Å²) in [4.78, 5) is 3.83. The Morgan fingerprint density at radius 1 is 1.43 bits per heavy atom. The van der Waals surface area contributed by atoms with Crippen molar-refractivity contribution in [2.24, 2.45) is 0 Å². The molecule has 1 aliphatic rings. The summed E-state index contributed by atoms with van der Waals surface area (Å²) in [6.45, 7) is 2.49. The second-order valence-corrected chi connectivity index (χ2v) is 5.96. The summed E-state index contributed by atoms with van der Waals surface area (Å²) in [6, 6.07) is 0. The maximum atomic E-state index is 11.9. The second-order valence-electron chi connectivity index (χ2n) is 2.95. The normalized spacial score (nSPS) is 19.7. The molecular weight excluding hydrogens is 222 g/mol. The van der Waals surface area contributed by atoms with Gasteiger partial charge in [0.1, 0.15) is 0 Å². The molecule has 1 saturated heterocycles. The van der Waals surface area contributed by atoms with Crippen molar-refractivity contribution in [2.75, 3.05) is 26.2 Å². The lowest BCUT2D eigenvalue weighted by Gasteiger charge is -2.25. The fourth-order valence-corrected chi connectivity index (χ4v) is 3.74. The predicted molar refractivity (Wildman–Crippen MR) is 53.7 cm³/mol. The van der Waals surface area contributed by atoms with Crippen molar-refractivity contribution in [1.82, 2.24) is 14.6 Å². The standard InChI is InChI=1S/C7H11N3O2S2/c11-14(12,7-9-3-6-13-7)10-4-1-8-2-5-10/h3,6,8H,1-2,4-5H2. The Bertz CT molecular complexity index is 381. The molecule has 1 fully saturated rings. The Morgan fingerprint density at radius 3 is 2.71 bits per heavy atom. The lowest BCUT2D eigenvalue weighted by molar-refractivity contribution is 0.360. The first-order valence-electron chi connectivity index (χ1n) is 4.31. The number of aromatic nitrogens is 1. The molecule has 1 aliphatic heterocycles. The van der Waals surface area contributed by atoms with E-state index in [-0.39, 0.29) is 4.34 Å². The van der Waals surface area contributed by atoms with E-state index in [0.29, 0.717) is 26.2 Å². The summed E-state index contributed by atoms with van der Waals surface area (Å²) < 4.78 is 25.5. The minimum absolute atomic E-state index is 0.194. The summed E-state index contributed by atoms with van der Waals surface area (Å²) in [7, 11) is -3.32. The van der Waals surface area contributed by atoms with Gasteiger partial charge < -0.3 is 5.32 Å². The minimum Gasteiger partial charge on any atom is -0.314 e. The van der Waals surface area contributed by atoms with Crippen LogP contribution in [0.1, 0.15) is 0 Å². The van der Waals surface area contributed by atoms with E-state index in [1.54, 1.807) is 5.38 Å². The molecule has 2 rings (SSSR count). The van der Waals surface area contributed by atoms with E-state index >= 15 is 0 Å². The summed E-state index contributed by atoms with van der Waals surface area (Å²) >= 11 is 1.16. The van der Waals surface area contributed by atoms with Crippen molar-refractivity contribution >= 4 is 21.4 Å². The van der Waals surface area contributed by atoms with Crippen LogP contribution in [0.2, 0.25) is 0 Å². The second kappa shape index (κ2) is 3.93. The lowest BCUT2D eigenvalue weighted by atomic mass is 10.4.